The molecule has 6 heteroatoms. The Balaban J connectivity index is 0. The maximum Gasteiger partial charge on any atom is 0.161 e. The first-order chi connectivity index (χ1) is 8.99. The Hall–Kier alpha value is -0.245. The molecule has 0 aromatic rings. The van der Waals surface area contributed by atoms with Crippen molar-refractivity contribution in [3.63, 3.8) is 0 Å². The van der Waals surface area contributed by atoms with Gasteiger partial charge in [0.05, 0.1) is 19.8 Å². The minimum atomic E-state index is -0.126. The summed E-state index contributed by atoms with van der Waals surface area (Å²) in [4.78, 5) is 22.5. The van der Waals surface area contributed by atoms with E-state index in [-0.39, 0.29) is 30.4 Å². The Morgan fingerprint density at radius 2 is 1.84 bits per heavy atom. The summed E-state index contributed by atoms with van der Waals surface area (Å²) in [6, 6.07) is 0. The molecule has 0 saturated carbocycles. The predicted octanol–water partition coefficient (Wildman–Crippen LogP) is 2.09. The SMILES string of the molecule is CCCC(CC(C)=O)OCC(=O)CC(C)OC.[B]P. The molecule has 0 heterocycles. The van der Waals surface area contributed by atoms with Crippen LogP contribution in [0.4, 0.5) is 0 Å². The number of carbonyl (C=O) groups is 2. The summed E-state index contributed by atoms with van der Waals surface area (Å²) in [6.07, 6.45) is 2.30. The van der Waals surface area contributed by atoms with E-state index in [1.54, 1.807) is 14.0 Å². The van der Waals surface area contributed by atoms with E-state index in [9.17, 15) is 9.59 Å². The zero-order chi connectivity index (χ0) is 15.3. The van der Waals surface area contributed by atoms with E-state index < -0.39 is 0 Å². The van der Waals surface area contributed by atoms with Crippen molar-refractivity contribution in [2.75, 3.05) is 13.7 Å². The monoisotopic (exact) mass is 288 g/mol. The largest absolute Gasteiger partial charge is 0.381 e. The molecule has 0 aliphatic carbocycles. The van der Waals surface area contributed by atoms with E-state index in [1.807, 2.05) is 23.0 Å². The fourth-order valence-corrected chi connectivity index (χ4v) is 1.56. The molecular weight excluding hydrogens is 262 g/mol. The topological polar surface area (TPSA) is 52.6 Å². The molecule has 19 heavy (non-hydrogen) atoms. The van der Waals surface area contributed by atoms with Crippen molar-refractivity contribution in [3.8, 4) is 0 Å². The summed E-state index contributed by atoms with van der Waals surface area (Å²) >= 11 is 0. The Morgan fingerprint density at radius 3 is 2.26 bits per heavy atom. The molecule has 0 aliphatic heterocycles. The van der Waals surface area contributed by atoms with Crippen molar-refractivity contribution in [1.29, 1.82) is 0 Å². The van der Waals surface area contributed by atoms with E-state index in [1.165, 1.54) is 0 Å². The van der Waals surface area contributed by atoms with Crippen molar-refractivity contribution in [1.82, 2.24) is 0 Å². The number of hydrogen-bond acceptors (Lipinski definition) is 4. The van der Waals surface area contributed by atoms with E-state index in [4.69, 9.17) is 9.47 Å². The summed E-state index contributed by atoms with van der Waals surface area (Å²) in [5.41, 5.74) is 0. The smallest absolute Gasteiger partial charge is 0.161 e. The van der Waals surface area contributed by atoms with E-state index in [2.05, 4.69) is 7.57 Å². The minimum absolute atomic E-state index is 0.0176. The Labute approximate surface area is 120 Å². The van der Waals surface area contributed by atoms with Gasteiger partial charge in [0.2, 0.25) is 0 Å². The molecule has 0 aromatic heterocycles. The van der Waals surface area contributed by atoms with Crippen LogP contribution < -0.4 is 0 Å². The van der Waals surface area contributed by atoms with Crippen molar-refractivity contribution >= 4 is 28.3 Å². The average molecular weight is 288 g/mol. The van der Waals surface area contributed by atoms with Gasteiger partial charge in [0.1, 0.15) is 12.4 Å². The maximum atomic E-state index is 11.5. The molecule has 0 fully saturated rings. The van der Waals surface area contributed by atoms with E-state index in [0.29, 0.717) is 12.8 Å². The standard InChI is InChI=1S/C13H24O4.BH2P/c1-5-6-13(7-10(2)14)17-9-12(15)8-11(3)16-4;1-2/h11,13H,5-9H2,1-4H3;2H2. The van der Waals surface area contributed by atoms with Crippen LogP contribution in [0.25, 0.3) is 0 Å². The van der Waals surface area contributed by atoms with Gasteiger partial charge in [0.15, 0.2) is 5.78 Å². The predicted molar refractivity (Wildman–Crippen MR) is 81.5 cm³/mol. The second kappa shape index (κ2) is 14.2. The summed E-state index contributed by atoms with van der Waals surface area (Å²) < 4.78 is 10.5. The van der Waals surface area contributed by atoms with Gasteiger partial charge in [-0.25, -0.2) is 0 Å². The first-order valence-electron chi connectivity index (χ1n) is 6.48. The summed E-state index contributed by atoms with van der Waals surface area (Å²) in [6.45, 7) is 5.49. The molecule has 4 nitrogen and oxygen atoms in total. The zero-order valence-corrected chi connectivity index (χ0v) is 13.6. The Morgan fingerprint density at radius 1 is 1.26 bits per heavy atom. The fourth-order valence-electron chi connectivity index (χ4n) is 1.56. The average Bonchev–Trinajstić information content (AvgIpc) is 2.38. The van der Waals surface area contributed by atoms with Crippen LogP contribution in [0.15, 0.2) is 0 Å². The molecule has 0 aromatic carbocycles. The van der Waals surface area contributed by atoms with Crippen LogP contribution in [0, 0.1) is 0 Å². The highest BCUT2D eigenvalue weighted by molar-refractivity contribution is 7.49. The number of carbonyl (C=O) groups excluding carboxylic acids is 2. The molecule has 0 rings (SSSR count). The second-order valence-corrected chi connectivity index (χ2v) is 4.42. The molecule has 0 saturated heterocycles. The van der Waals surface area contributed by atoms with Gasteiger partial charge in [-0.1, -0.05) is 13.3 Å². The van der Waals surface area contributed by atoms with Crippen molar-refractivity contribution < 1.29 is 19.1 Å². The molecule has 110 valence electrons. The third kappa shape index (κ3) is 14.0. The lowest BCUT2D eigenvalue weighted by Crippen LogP contribution is -2.23. The molecule has 0 bridgehead atoms. The van der Waals surface area contributed by atoms with Gasteiger partial charge in [-0.2, -0.15) is 9.12 Å². The summed E-state index contributed by atoms with van der Waals surface area (Å²) in [5.74, 6) is 0.116. The van der Waals surface area contributed by atoms with Gasteiger partial charge in [0.25, 0.3) is 0 Å². The number of rotatable bonds is 10. The first kappa shape index (κ1) is 21.1. The summed E-state index contributed by atoms with van der Waals surface area (Å²) in [5, 5.41) is 0. The molecule has 3 atom stereocenters. The fraction of sp³-hybridized carbons (Fsp3) is 0.846. The lowest BCUT2D eigenvalue weighted by Gasteiger charge is -2.16. The van der Waals surface area contributed by atoms with Crippen LogP contribution in [0.3, 0.4) is 0 Å². The van der Waals surface area contributed by atoms with Gasteiger partial charge in [-0.15, -0.1) is 0 Å². The van der Waals surface area contributed by atoms with Crippen molar-refractivity contribution in [2.45, 2.75) is 58.7 Å². The second-order valence-electron chi connectivity index (χ2n) is 4.42. The lowest BCUT2D eigenvalue weighted by molar-refractivity contribution is -0.130. The van der Waals surface area contributed by atoms with Crippen LogP contribution in [-0.4, -0.2) is 45.1 Å². The molecule has 0 aliphatic rings. The minimum Gasteiger partial charge on any atom is -0.381 e. The van der Waals surface area contributed by atoms with Gasteiger partial charge < -0.3 is 9.47 Å². The van der Waals surface area contributed by atoms with Crippen molar-refractivity contribution in [2.24, 2.45) is 0 Å². The summed E-state index contributed by atoms with van der Waals surface area (Å²) in [7, 11) is 7.91. The third-order valence-electron chi connectivity index (χ3n) is 2.52. The van der Waals surface area contributed by atoms with Crippen LogP contribution in [0.1, 0.15) is 46.5 Å². The van der Waals surface area contributed by atoms with Crippen LogP contribution in [-0.2, 0) is 19.1 Å². The van der Waals surface area contributed by atoms with Crippen LogP contribution in [0.5, 0.6) is 0 Å². The highest BCUT2D eigenvalue weighted by atomic mass is 31.0. The first-order valence-corrected chi connectivity index (χ1v) is 7.15. The number of ketones is 2. The molecule has 0 amide bonds. The Kier molecular flexibility index (Phi) is 15.7. The number of Topliss-reactive ketones (excluding diaryl/α,β-unsaturated/α-hetero) is 2. The van der Waals surface area contributed by atoms with Gasteiger partial charge in [-0.05, 0) is 20.3 Å². The highest BCUT2D eigenvalue weighted by Gasteiger charge is 2.14. The van der Waals surface area contributed by atoms with Crippen LogP contribution in [0.2, 0.25) is 0 Å². The maximum absolute atomic E-state index is 11.5. The van der Waals surface area contributed by atoms with Crippen LogP contribution >= 0.6 is 9.12 Å². The highest BCUT2D eigenvalue weighted by Crippen LogP contribution is 2.08. The quantitative estimate of drug-likeness (QED) is 0.456. The normalized spacial score (nSPS) is 13.1. The Bertz CT molecular complexity index is 249. The van der Waals surface area contributed by atoms with Gasteiger partial charge in [0, 0.05) is 20.0 Å². The third-order valence-corrected chi connectivity index (χ3v) is 2.52. The number of methoxy groups -OCH3 is 1. The molecule has 2 radical (unpaired) electrons. The molecule has 3 unspecified atom stereocenters. The molecule has 0 spiro atoms. The van der Waals surface area contributed by atoms with E-state index in [0.717, 1.165) is 12.8 Å². The zero-order valence-electron chi connectivity index (χ0n) is 12.5. The van der Waals surface area contributed by atoms with Crippen molar-refractivity contribution in [3.05, 3.63) is 0 Å². The van der Waals surface area contributed by atoms with E-state index >= 15 is 0 Å². The van der Waals surface area contributed by atoms with Gasteiger partial charge >= 0.3 is 0 Å². The lowest BCUT2D eigenvalue weighted by atomic mass is 10.1. The van der Waals surface area contributed by atoms with Gasteiger partial charge in [-0.3, -0.25) is 9.59 Å². The molecular formula is C13H26BO4P. The number of hydrogen-bond donors (Lipinski definition) is 0. The molecule has 0 N–H and O–H groups in total. The number of ether oxygens (including phenoxy) is 2.